The molecule has 0 aromatic rings. The summed E-state index contributed by atoms with van der Waals surface area (Å²) >= 11 is 0. The van der Waals surface area contributed by atoms with Crippen LogP contribution < -0.4 is 0 Å². The van der Waals surface area contributed by atoms with Gasteiger partial charge < -0.3 is 5.11 Å². The smallest absolute Gasteiger partial charge is 0.150 e. The van der Waals surface area contributed by atoms with Gasteiger partial charge in [-0.3, -0.25) is 0 Å². The largest absolute Gasteiger partial charge is 0.396 e. The minimum atomic E-state index is -2.89. The Morgan fingerprint density at radius 1 is 1.42 bits per heavy atom. The first kappa shape index (κ1) is 9.99. The Morgan fingerprint density at radius 3 is 2.25 bits per heavy atom. The molecule has 0 saturated heterocycles. The molecule has 12 heavy (non-hydrogen) atoms. The fourth-order valence-electron chi connectivity index (χ4n) is 1.88. The van der Waals surface area contributed by atoms with E-state index < -0.39 is 9.84 Å². The maximum Gasteiger partial charge on any atom is 0.150 e. The second-order valence-corrected chi connectivity index (χ2v) is 6.17. The Hall–Kier alpha value is -0.0900. The van der Waals surface area contributed by atoms with Gasteiger partial charge in [-0.1, -0.05) is 6.92 Å². The maximum absolute atomic E-state index is 11.2. The third-order valence-corrected chi connectivity index (χ3v) is 4.44. The van der Waals surface area contributed by atoms with E-state index in [0.29, 0.717) is 18.8 Å². The van der Waals surface area contributed by atoms with E-state index in [1.54, 1.807) is 0 Å². The average molecular weight is 192 g/mol. The van der Waals surface area contributed by atoms with Crippen molar-refractivity contribution in [2.45, 2.75) is 25.0 Å². The summed E-state index contributed by atoms with van der Waals surface area (Å²) in [6, 6.07) is 0. The molecule has 1 N–H and O–H groups in total. The van der Waals surface area contributed by atoms with Gasteiger partial charge in [-0.25, -0.2) is 8.42 Å². The summed E-state index contributed by atoms with van der Waals surface area (Å²) in [6.07, 6.45) is 2.63. The van der Waals surface area contributed by atoms with Crippen LogP contribution in [-0.4, -0.2) is 31.6 Å². The van der Waals surface area contributed by atoms with Crippen molar-refractivity contribution in [3.63, 3.8) is 0 Å². The van der Waals surface area contributed by atoms with Crippen LogP contribution in [0.2, 0.25) is 0 Å². The molecule has 3 nitrogen and oxygen atoms in total. The van der Waals surface area contributed by atoms with Gasteiger partial charge in [-0.2, -0.15) is 0 Å². The van der Waals surface area contributed by atoms with Crippen LogP contribution in [0.25, 0.3) is 0 Å². The van der Waals surface area contributed by atoms with Crippen molar-refractivity contribution in [1.82, 2.24) is 0 Å². The van der Waals surface area contributed by atoms with Gasteiger partial charge in [0.05, 0.1) is 5.25 Å². The van der Waals surface area contributed by atoms with E-state index in [2.05, 4.69) is 0 Å². The molecule has 1 aliphatic rings. The van der Waals surface area contributed by atoms with Gasteiger partial charge in [0.1, 0.15) is 9.84 Å². The third kappa shape index (κ3) is 1.98. The molecule has 1 saturated carbocycles. The van der Waals surface area contributed by atoms with Crippen molar-refractivity contribution >= 4 is 9.84 Å². The summed E-state index contributed by atoms with van der Waals surface area (Å²) in [6.45, 7) is 2.12. The maximum atomic E-state index is 11.2. The highest BCUT2D eigenvalue weighted by molar-refractivity contribution is 7.91. The van der Waals surface area contributed by atoms with Crippen molar-refractivity contribution in [2.75, 3.05) is 12.9 Å². The molecule has 1 aliphatic carbocycles. The molecule has 3 unspecified atom stereocenters. The Labute approximate surface area is 73.7 Å². The van der Waals surface area contributed by atoms with Crippen LogP contribution >= 0.6 is 0 Å². The second kappa shape index (κ2) is 3.34. The van der Waals surface area contributed by atoms with Crippen LogP contribution in [0.3, 0.4) is 0 Å². The van der Waals surface area contributed by atoms with E-state index >= 15 is 0 Å². The fourth-order valence-corrected chi connectivity index (χ4v) is 3.13. The number of rotatable bonds is 2. The molecule has 0 spiro atoms. The molecule has 1 rings (SSSR count). The normalized spacial score (nSPS) is 37.1. The second-order valence-electron chi connectivity index (χ2n) is 3.84. The summed E-state index contributed by atoms with van der Waals surface area (Å²) in [5.74, 6) is 0.527. The summed E-state index contributed by atoms with van der Waals surface area (Å²) < 4.78 is 22.3. The zero-order valence-electron chi connectivity index (χ0n) is 7.53. The Bertz CT molecular complexity index is 245. The van der Waals surface area contributed by atoms with Gasteiger partial charge in [-0.15, -0.1) is 0 Å². The molecule has 0 aromatic carbocycles. The molecule has 0 aliphatic heterocycles. The Morgan fingerprint density at radius 2 is 2.00 bits per heavy atom. The zero-order valence-corrected chi connectivity index (χ0v) is 8.34. The lowest BCUT2D eigenvalue weighted by Crippen LogP contribution is -2.16. The first-order valence-corrected chi connectivity index (χ1v) is 6.20. The predicted octanol–water partition coefficient (Wildman–Crippen LogP) is 0.438. The summed E-state index contributed by atoms with van der Waals surface area (Å²) in [5, 5.41) is 8.71. The lowest BCUT2D eigenvalue weighted by atomic mass is 10.00. The molecule has 0 radical (unpaired) electrons. The Balaban J connectivity index is 2.67. The van der Waals surface area contributed by atoms with Crippen molar-refractivity contribution < 1.29 is 13.5 Å². The van der Waals surface area contributed by atoms with E-state index in [-0.39, 0.29) is 17.8 Å². The molecule has 0 heterocycles. The first-order chi connectivity index (χ1) is 5.45. The number of hydrogen-bond acceptors (Lipinski definition) is 3. The van der Waals surface area contributed by atoms with Crippen LogP contribution in [0, 0.1) is 11.8 Å². The van der Waals surface area contributed by atoms with Gasteiger partial charge in [0.25, 0.3) is 0 Å². The van der Waals surface area contributed by atoms with E-state index in [9.17, 15) is 8.42 Å². The summed E-state index contributed by atoms with van der Waals surface area (Å²) in [4.78, 5) is 0. The molecule has 1 fully saturated rings. The molecular formula is C8H16O3S. The SMILES string of the molecule is CC1CC(S(C)(=O)=O)CC1CO. The van der Waals surface area contributed by atoms with E-state index in [0.717, 1.165) is 0 Å². The minimum absolute atomic E-state index is 0.118. The van der Waals surface area contributed by atoms with Crippen LogP contribution in [0.15, 0.2) is 0 Å². The lowest BCUT2D eigenvalue weighted by molar-refractivity contribution is 0.201. The summed E-state index contributed by atoms with van der Waals surface area (Å²) in [5.41, 5.74) is 0. The van der Waals surface area contributed by atoms with Gasteiger partial charge in [0.15, 0.2) is 0 Å². The van der Waals surface area contributed by atoms with Gasteiger partial charge in [-0.05, 0) is 24.7 Å². The highest BCUT2D eigenvalue weighted by atomic mass is 32.2. The molecule has 0 aromatic heterocycles. The minimum Gasteiger partial charge on any atom is -0.396 e. The first-order valence-electron chi connectivity index (χ1n) is 4.25. The van der Waals surface area contributed by atoms with Crippen molar-refractivity contribution in [3.05, 3.63) is 0 Å². The van der Waals surface area contributed by atoms with Crippen molar-refractivity contribution in [1.29, 1.82) is 0 Å². The van der Waals surface area contributed by atoms with Crippen LogP contribution in [0.4, 0.5) is 0 Å². The standard InChI is InChI=1S/C8H16O3S/c1-6-3-8(12(2,10)11)4-7(6)5-9/h6-9H,3-5H2,1-2H3. The van der Waals surface area contributed by atoms with Crippen LogP contribution in [0.5, 0.6) is 0 Å². The molecule has 72 valence electrons. The van der Waals surface area contributed by atoms with Crippen LogP contribution in [0.1, 0.15) is 19.8 Å². The van der Waals surface area contributed by atoms with E-state index in [4.69, 9.17) is 5.11 Å². The highest BCUT2D eigenvalue weighted by Crippen LogP contribution is 2.34. The van der Waals surface area contributed by atoms with E-state index in [1.807, 2.05) is 6.92 Å². The molecule has 0 amide bonds. The number of aliphatic hydroxyl groups excluding tert-OH is 1. The predicted molar refractivity (Wildman–Crippen MR) is 47.6 cm³/mol. The Kier molecular flexibility index (Phi) is 2.78. The quantitative estimate of drug-likeness (QED) is 0.690. The van der Waals surface area contributed by atoms with Gasteiger partial charge >= 0.3 is 0 Å². The zero-order chi connectivity index (χ0) is 9.35. The van der Waals surface area contributed by atoms with Gasteiger partial charge in [0.2, 0.25) is 0 Å². The summed E-state index contributed by atoms with van der Waals surface area (Å²) in [7, 11) is -2.89. The third-order valence-electron chi connectivity index (χ3n) is 2.85. The fraction of sp³-hybridized carbons (Fsp3) is 1.00. The number of hydrogen-bond donors (Lipinski definition) is 1. The number of sulfone groups is 1. The van der Waals surface area contributed by atoms with Crippen molar-refractivity contribution in [3.8, 4) is 0 Å². The molecule has 0 bridgehead atoms. The van der Waals surface area contributed by atoms with Crippen LogP contribution in [-0.2, 0) is 9.84 Å². The number of aliphatic hydroxyl groups is 1. The monoisotopic (exact) mass is 192 g/mol. The van der Waals surface area contributed by atoms with Gasteiger partial charge in [0, 0.05) is 12.9 Å². The van der Waals surface area contributed by atoms with Crippen molar-refractivity contribution in [2.24, 2.45) is 11.8 Å². The molecular weight excluding hydrogens is 176 g/mol. The lowest BCUT2D eigenvalue weighted by Gasteiger charge is -2.09. The van der Waals surface area contributed by atoms with E-state index in [1.165, 1.54) is 6.26 Å². The highest BCUT2D eigenvalue weighted by Gasteiger charge is 2.36. The molecule has 4 heteroatoms. The topological polar surface area (TPSA) is 54.4 Å². The average Bonchev–Trinajstić information content (AvgIpc) is 2.29. The molecule has 3 atom stereocenters.